The summed E-state index contributed by atoms with van der Waals surface area (Å²) >= 11 is 12.9. The second kappa shape index (κ2) is 10.1. The number of carbonyl (C=O) groups is 2. The van der Waals surface area contributed by atoms with E-state index in [-0.39, 0.29) is 26.9 Å². The van der Waals surface area contributed by atoms with Gasteiger partial charge in [0.1, 0.15) is 5.82 Å². The predicted octanol–water partition coefficient (Wildman–Crippen LogP) is 5.67. The zero-order chi connectivity index (χ0) is 26.1. The molecule has 0 spiro atoms. The Morgan fingerprint density at radius 2 is 1.86 bits per heavy atom. The summed E-state index contributed by atoms with van der Waals surface area (Å²) in [5.41, 5.74) is -0.388. The minimum absolute atomic E-state index is 0.152. The number of aromatic nitrogens is 2. The maximum absolute atomic E-state index is 13.8. The zero-order valence-corrected chi connectivity index (χ0v) is 21.5. The molecule has 0 saturated carbocycles. The number of rotatable bonds is 5. The number of benzene rings is 2. The number of carbonyl (C=O) groups excluding carboxylic acids is 1. The smallest absolute Gasteiger partial charge is 0.408 e. The van der Waals surface area contributed by atoms with Crippen molar-refractivity contribution < 1.29 is 14.7 Å². The number of carboxylic acid groups (broad SMARTS) is 1. The summed E-state index contributed by atoms with van der Waals surface area (Å²) in [5, 5.41) is 15.9. The molecule has 0 aliphatic heterocycles. The van der Waals surface area contributed by atoms with Crippen LogP contribution in [0.2, 0.25) is 10.0 Å². The van der Waals surface area contributed by atoms with Crippen LogP contribution in [-0.4, -0.2) is 43.8 Å². The van der Waals surface area contributed by atoms with Crippen molar-refractivity contribution in [1.82, 2.24) is 19.8 Å². The minimum Gasteiger partial charge on any atom is -0.465 e. The molecule has 0 saturated heterocycles. The molecule has 0 fully saturated rings. The molecule has 3 amide bonds. The molecule has 1 atom stereocenters. The van der Waals surface area contributed by atoms with Gasteiger partial charge in [0, 0.05) is 17.8 Å². The van der Waals surface area contributed by atoms with E-state index in [1.54, 1.807) is 58.9 Å². The maximum atomic E-state index is 13.8. The molecular weight excluding hydrogens is 493 g/mol. The Labute approximate surface area is 212 Å². The molecule has 9 nitrogen and oxygen atoms in total. The molecule has 1 heterocycles. The molecule has 1 unspecified atom stereocenters. The Bertz CT molecular complexity index is 1350. The van der Waals surface area contributed by atoms with Crippen LogP contribution in [0.1, 0.15) is 46.5 Å². The van der Waals surface area contributed by atoms with Crippen LogP contribution in [0.4, 0.5) is 15.3 Å². The van der Waals surface area contributed by atoms with Crippen LogP contribution in [0.5, 0.6) is 0 Å². The van der Waals surface area contributed by atoms with Crippen LogP contribution in [-0.2, 0) is 0 Å². The Morgan fingerprint density at radius 3 is 2.46 bits per heavy atom. The third kappa shape index (κ3) is 5.36. The van der Waals surface area contributed by atoms with Crippen molar-refractivity contribution in [3.63, 3.8) is 0 Å². The molecule has 2 aromatic carbocycles. The van der Waals surface area contributed by atoms with Gasteiger partial charge in [-0.1, -0.05) is 29.3 Å². The Balaban J connectivity index is 2.36. The highest BCUT2D eigenvalue weighted by atomic mass is 35.5. The molecule has 0 aliphatic carbocycles. The lowest BCUT2D eigenvalue weighted by molar-refractivity contribution is 0.0719. The largest absolute Gasteiger partial charge is 0.465 e. The average molecular weight is 520 g/mol. The third-order valence-corrected chi connectivity index (χ3v) is 5.98. The van der Waals surface area contributed by atoms with Crippen LogP contribution in [0.15, 0.2) is 41.2 Å². The first kappa shape index (κ1) is 26.3. The number of hydrogen-bond acceptors (Lipinski definition) is 4. The van der Waals surface area contributed by atoms with E-state index in [0.717, 1.165) is 0 Å². The molecule has 0 radical (unpaired) electrons. The van der Waals surface area contributed by atoms with Gasteiger partial charge in [0.2, 0.25) is 0 Å². The average Bonchev–Trinajstić information content (AvgIpc) is 2.74. The highest BCUT2D eigenvalue weighted by Crippen LogP contribution is 2.32. The molecular formula is C24H27Cl2N5O4. The molecule has 11 heteroatoms. The van der Waals surface area contributed by atoms with Gasteiger partial charge < -0.3 is 15.7 Å². The summed E-state index contributed by atoms with van der Waals surface area (Å²) in [4.78, 5) is 44.0. The summed E-state index contributed by atoms with van der Waals surface area (Å²) in [7, 11) is 0. The molecule has 3 N–H and O–H groups in total. The van der Waals surface area contributed by atoms with Crippen molar-refractivity contribution >= 4 is 51.9 Å². The Kier molecular flexibility index (Phi) is 7.62. The number of fused-ring (bicyclic) bond motifs is 1. The zero-order valence-electron chi connectivity index (χ0n) is 20.0. The van der Waals surface area contributed by atoms with Gasteiger partial charge in [-0.25, -0.2) is 14.6 Å². The van der Waals surface area contributed by atoms with Crippen molar-refractivity contribution in [2.75, 3.05) is 11.9 Å². The monoisotopic (exact) mass is 519 g/mol. The molecule has 186 valence electrons. The fourth-order valence-electron chi connectivity index (χ4n) is 3.97. The fraction of sp³-hybridized carbons (Fsp3) is 0.333. The normalized spacial score (nSPS) is 12.3. The highest BCUT2D eigenvalue weighted by molar-refractivity contribution is 6.35. The number of amides is 3. The van der Waals surface area contributed by atoms with E-state index in [1.165, 1.54) is 21.6 Å². The topological polar surface area (TPSA) is 117 Å². The van der Waals surface area contributed by atoms with Gasteiger partial charge in [-0.05, 0) is 65.0 Å². The second-order valence-electron chi connectivity index (χ2n) is 8.89. The van der Waals surface area contributed by atoms with Gasteiger partial charge in [-0.15, -0.1) is 0 Å². The van der Waals surface area contributed by atoms with Crippen molar-refractivity contribution in [2.24, 2.45) is 0 Å². The van der Waals surface area contributed by atoms with E-state index in [9.17, 15) is 19.5 Å². The Morgan fingerprint density at radius 1 is 1.17 bits per heavy atom. The molecule has 0 aliphatic rings. The number of nitrogens with zero attached hydrogens (tertiary/aromatic N) is 3. The summed E-state index contributed by atoms with van der Waals surface area (Å²) < 4.78 is 1.26. The van der Waals surface area contributed by atoms with Crippen molar-refractivity contribution in [3.8, 4) is 5.69 Å². The van der Waals surface area contributed by atoms with Gasteiger partial charge in [-0.3, -0.25) is 14.3 Å². The molecule has 1 aromatic heterocycles. The standard InChI is InChI=1S/C24H27Cl2N5O4/c1-6-27-22(33)28-14-10-11-15(25)18(12-14)30-20(13(2)31(23(34)35)24(3,4)5)29-17-9-7-8-16(26)19(17)21(30)32/h7-13H,6H2,1-5H3,(H,34,35)(H2,27,28,33). The summed E-state index contributed by atoms with van der Waals surface area (Å²) in [6.07, 6.45) is -1.17. The maximum Gasteiger partial charge on any atom is 0.408 e. The van der Waals surface area contributed by atoms with Gasteiger partial charge in [0.25, 0.3) is 5.56 Å². The number of halogens is 2. The summed E-state index contributed by atoms with van der Waals surface area (Å²) in [6.45, 7) is 9.12. The summed E-state index contributed by atoms with van der Waals surface area (Å²) in [5.74, 6) is 0.152. The van der Waals surface area contributed by atoms with Crippen molar-refractivity contribution in [2.45, 2.75) is 46.2 Å². The first-order valence-electron chi connectivity index (χ1n) is 10.9. The van der Waals surface area contributed by atoms with Crippen molar-refractivity contribution in [3.05, 3.63) is 62.6 Å². The predicted molar refractivity (Wildman–Crippen MR) is 138 cm³/mol. The van der Waals surface area contributed by atoms with Gasteiger partial charge in [-0.2, -0.15) is 0 Å². The van der Waals surface area contributed by atoms with E-state index >= 15 is 0 Å². The van der Waals surface area contributed by atoms with Crippen LogP contribution in [0.25, 0.3) is 16.6 Å². The van der Waals surface area contributed by atoms with E-state index in [2.05, 4.69) is 15.6 Å². The SMILES string of the molecule is CCNC(=O)Nc1ccc(Cl)c(-n2c(C(C)N(C(=O)O)C(C)(C)C)nc3cccc(Cl)c3c2=O)c1. The Hall–Kier alpha value is -3.30. The minimum atomic E-state index is -1.17. The molecule has 3 aromatic rings. The first-order chi connectivity index (χ1) is 16.4. The number of anilines is 1. The van der Waals surface area contributed by atoms with Crippen LogP contribution >= 0.6 is 23.2 Å². The van der Waals surface area contributed by atoms with E-state index in [4.69, 9.17) is 23.2 Å². The first-order valence-corrected chi connectivity index (χ1v) is 11.7. The number of hydrogen-bond donors (Lipinski definition) is 3. The number of nitrogens with one attached hydrogen (secondary N) is 2. The number of urea groups is 1. The fourth-order valence-corrected chi connectivity index (χ4v) is 4.42. The lowest BCUT2D eigenvalue weighted by Crippen LogP contribution is -2.47. The van der Waals surface area contributed by atoms with E-state index < -0.39 is 29.3 Å². The van der Waals surface area contributed by atoms with Gasteiger partial charge in [0.15, 0.2) is 0 Å². The highest BCUT2D eigenvalue weighted by Gasteiger charge is 2.35. The lowest BCUT2D eigenvalue weighted by Gasteiger charge is -2.38. The van der Waals surface area contributed by atoms with E-state index in [1.807, 2.05) is 0 Å². The van der Waals surface area contributed by atoms with Gasteiger partial charge >= 0.3 is 12.1 Å². The van der Waals surface area contributed by atoms with Crippen LogP contribution in [0, 0.1) is 0 Å². The molecule has 35 heavy (non-hydrogen) atoms. The van der Waals surface area contributed by atoms with Crippen LogP contribution < -0.4 is 16.2 Å². The van der Waals surface area contributed by atoms with Crippen LogP contribution in [0.3, 0.4) is 0 Å². The molecule has 0 bridgehead atoms. The summed E-state index contributed by atoms with van der Waals surface area (Å²) in [6, 6.07) is 8.27. The second-order valence-corrected chi connectivity index (χ2v) is 9.71. The quantitative estimate of drug-likeness (QED) is 0.401. The van der Waals surface area contributed by atoms with Crippen molar-refractivity contribution in [1.29, 1.82) is 0 Å². The van der Waals surface area contributed by atoms with Gasteiger partial charge in [0.05, 0.1) is 32.7 Å². The lowest BCUT2D eigenvalue weighted by atomic mass is 10.0. The molecule has 3 rings (SSSR count). The van der Waals surface area contributed by atoms with E-state index in [0.29, 0.717) is 17.7 Å². The third-order valence-electron chi connectivity index (χ3n) is 5.34.